The van der Waals surface area contributed by atoms with Gasteiger partial charge in [0.05, 0.1) is 13.2 Å². The molecule has 0 bridgehead atoms. The maximum absolute atomic E-state index is 12.6. The molecule has 12 heteroatoms. The van der Waals surface area contributed by atoms with Gasteiger partial charge in [0.2, 0.25) is 0 Å². The number of aliphatic carboxylic acids is 1. The van der Waals surface area contributed by atoms with Crippen LogP contribution in [0.3, 0.4) is 0 Å². The monoisotopic (exact) mass is 784 g/mol. The highest BCUT2D eigenvalue weighted by Crippen LogP contribution is 2.43. The second-order valence-electron chi connectivity index (χ2n) is 13.8. The molecule has 0 amide bonds. The normalized spacial score (nSPS) is 14.3. The predicted molar refractivity (Wildman–Crippen MR) is 217 cm³/mol. The fourth-order valence-corrected chi connectivity index (χ4v) is 6.14. The van der Waals surface area contributed by atoms with Crippen LogP contribution < -0.4 is 5.73 Å². The van der Waals surface area contributed by atoms with E-state index in [0.717, 1.165) is 38.5 Å². The molecule has 0 spiro atoms. The largest absolute Gasteiger partial charge is 0.480 e. The summed E-state index contributed by atoms with van der Waals surface area (Å²) in [5.74, 6) is -2.68. The topological polar surface area (TPSA) is 172 Å². The number of ether oxygens (including phenoxy) is 2. The Morgan fingerprint density at radius 1 is 0.630 bits per heavy atom. The lowest BCUT2D eigenvalue weighted by atomic mass is 10.1. The van der Waals surface area contributed by atoms with Crippen molar-refractivity contribution in [1.82, 2.24) is 0 Å². The summed E-state index contributed by atoms with van der Waals surface area (Å²) in [6, 6.07) is -1.54. The van der Waals surface area contributed by atoms with Crippen LogP contribution in [0.2, 0.25) is 0 Å². The van der Waals surface area contributed by atoms with Gasteiger partial charge in [0.15, 0.2) is 6.10 Å². The van der Waals surface area contributed by atoms with Crippen molar-refractivity contribution in [1.29, 1.82) is 0 Å². The third-order valence-electron chi connectivity index (χ3n) is 8.65. The van der Waals surface area contributed by atoms with Gasteiger partial charge in [0.1, 0.15) is 12.6 Å². The third-order valence-corrected chi connectivity index (χ3v) is 9.60. The van der Waals surface area contributed by atoms with E-state index in [-0.39, 0.29) is 6.42 Å². The Hall–Kier alpha value is -2.56. The lowest BCUT2D eigenvalue weighted by Gasteiger charge is -2.20. The van der Waals surface area contributed by atoms with E-state index in [1.165, 1.54) is 109 Å². The van der Waals surface area contributed by atoms with Crippen LogP contribution in [0.4, 0.5) is 0 Å². The Morgan fingerprint density at radius 3 is 1.65 bits per heavy atom. The first-order chi connectivity index (χ1) is 26.1. The smallest absolute Gasteiger partial charge is 0.472 e. The molecule has 0 aliphatic carbocycles. The zero-order chi connectivity index (χ0) is 40.0. The highest BCUT2D eigenvalue weighted by molar-refractivity contribution is 7.47. The molecule has 0 saturated carbocycles. The fraction of sp³-hybridized carbons (Fsp3) is 0.738. The van der Waals surface area contributed by atoms with Crippen LogP contribution in [0.15, 0.2) is 48.6 Å². The molecule has 0 aromatic rings. The van der Waals surface area contributed by atoms with Crippen molar-refractivity contribution < 1.29 is 47.5 Å². The second-order valence-corrected chi connectivity index (χ2v) is 15.3. The van der Waals surface area contributed by atoms with Crippen molar-refractivity contribution in [3.63, 3.8) is 0 Å². The van der Waals surface area contributed by atoms with E-state index < -0.39 is 57.7 Å². The molecular formula is C42H74NO10P. The number of phosphoric acid groups is 1. The molecule has 0 aromatic heterocycles. The Labute approximate surface area is 326 Å². The molecule has 0 aliphatic rings. The van der Waals surface area contributed by atoms with Crippen LogP contribution in [0, 0.1) is 0 Å². The number of unbranched alkanes of at least 4 members (excludes halogenated alkanes) is 19. The zero-order valence-electron chi connectivity index (χ0n) is 33.6. The Balaban J connectivity index is 4.56. The van der Waals surface area contributed by atoms with Crippen molar-refractivity contribution >= 4 is 25.7 Å². The molecule has 312 valence electrons. The van der Waals surface area contributed by atoms with E-state index in [1.54, 1.807) is 12.2 Å². The molecule has 0 saturated heterocycles. The summed E-state index contributed by atoms with van der Waals surface area (Å²) in [7, 11) is -4.74. The lowest BCUT2D eigenvalue weighted by molar-refractivity contribution is -0.159. The van der Waals surface area contributed by atoms with Crippen LogP contribution in [-0.4, -0.2) is 59.9 Å². The number of carboxylic acids is 1. The summed E-state index contributed by atoms with van der Waals surface area (Å²) in [4.78, 5) is 45.7. The van der Waals surface area contributed by atoms with E-state index in [9.17, 15) is 23.8 Å². The Bertz CT molecular complexity index is 1110. The number of allylic oxidation sites excluding steroid dienone is 7. The first-order valence-electron chi connectivity index (χ1n) is 20.7. The minimum Gasteiger partial charge on any atom is -0.480 e. The summed E-state index contributed by atoms with van der Waals surface area (Å²) in [5, 5.41) is 8.87. The third kappa shape index (κ3) is 36.4. The molecule has 0 radical (unpaired) electrons. The number of hydrogen-bond acceptors (Lipinski definition) is 9. The van der Waals surface area contributed by atoms with Crippen molar-refractivity contribution in [3.05, 3.63) is 48.6 Å². The van der Waals surface area contributed by atoms with Gasteiger partial charge in [0.25, 0.3) is 0 Å². The number of carbonyl (C=O) groups is 3. The van der Waals surface area contributed by atoms with Gasteiger partial charge in [-0.3, -0.25) is 18.6 Å². The maximum Gasteiger partial charge on any atom is 0.472 e. The first kappa shape index (κ1) is 51.4. The summed E-state index contributed by atoms with van der Waals surface area (Å²) in [5.41, 5.74) is 5.31. The van der Waals surface area contributed by atoms with Crippen LogP contribution in [-0.2, 0) is 37.5 Å². The summed E-state index contributed by atoms with van der Waals surface area (Å²) >= 11 is 0. The van der Waals surface area contributed by atoms with Gasteiger partial charge in [-0.15, -0.1) is 0 Å². The molecule has 4 N–H and O–H groups in total. The molecule has 0 aliphatic heterocycles. The minimum atomic E-state index is -4.74. The number of phosphoric ester groups is 1. The summed E-state index contributed by atoms with van der Waals surface area (Å²) in [6.45, 7) is 2.63. The number of esters is 2. The summed E-state index contributed by atoms with van der Waals surface area (Å²) < 4.78 is 32.4. The molecule has 0 fully saturated rings. The quantitative estimate of drug-likeness (QED) is 0.0136. The first-order valence-corrected chi connectivity index (χ1v) is 22.2. The van der Waals surface area contributed by atoms with Crippen LogP contribution in [0.1, 0.15) is 168 Å². The van der Waals surface area contributed by atoms with Gasteiger partial charge in [-0.25, -0.2) is 9.36 Å². The molecule has 1 unspecified atom stereocenters. The van der Waals surface area contributed by atoms with Crippen molar-refractivity contribution in [2.24, 2.45) is 5.73 Å². The maximum atomic E-state index is 12.6. The van der Waals surface area contributed by atoms with Crippen LogP contribution >= 0.6 is 7.82 Å². The van der Waals surface area contributed by atoms with Gasteiger partial charge < -0.3 is 25.2 Å². The molecule has 0 heterocycles. The van der Waals surface area contributed by atoms with Gasteiger partial charge in [-0.05, 0) is 51.4 Å². The number of carboxylic acid groups (broad SMARTS) is 1. The minimum absolute atomic E-state index is 0.0982. The van der Waals surface area contributed by atoms with E-state index in [1.807, 2.05) is 6.08 Å². The van der Waals surface area contributed by atoms with E-state index in [4.69, 9.17) is 24.8 Å². The predicted octanol–water partition coefficient (Wildman–Crippen LogP) is 10.6. The van der Waals surface area contributed by atoms with Crippen LogP contribution in [0.25, 0.3) is 0 Å². The average Bonchev–Trinajstić information content (AvgIpc) is 3.14. The zero-order valence-corrected chi connectivity index (χ0v) is 34.4. The molecule has 3 atom stereocenters. The van der Waals surface area contributed by atoms with E-state index in [2.05, 4.69) is 42.7 Å². The number of rotatable bonds is 38. The Morgan fingerprint density at radius 2 is 1.11 bits per heavy atom. The SMILES string of the molecule is CCCCCCCC/C=C/C/C=C/CCCCC(=O)O[C@H](COC(=O)/C=C/C=C/CCCCCCCCCCCCC)COP(=O)(O)OC[C@H](N)C(=O)O. The highest BCUT2D eigenvalue weighted by Gasteiger charge is 2.28. The number of hydrogen-bond donors (Lipinski definition) is 3. The molecular weight excluding hydrogens is 709 g/mol. The van der Waals surface area contributed by atoms with Gasteiger partial charge in [0, 0.05) is 12.5 Å². The number of nitrogens with two attached hydrogens (primary N) is 1. The molecule has 0 aromatic carbocycles. The molecule has 11 nitrogen and oxygen atoms in total. The average molecular weight is 784 g/mol. The summed E-state index contributed by atoms with van der Waals surface area (Å²) in [6.07, 6.45) is 41.0. The highest BCUT2D eigenvalue weighted by atomic mass is 31.2. The number of carbonyl (C=O) groups excluding carboxylic acids is 2. The van der Waals surface area contributed by atoms with E-state index in [0.29, 0.717) is 6.42 Å². The lowest BCUT2D eigenvalue weighted by Crippen LogP contribution is -2.34. The van der Waals surface area contributed by atoms with Gasteiger partial charge in [-0.2, -0.15) is 0 Å². The van der Waals surface area contributed by atoms with Crippen molar-refractivity contribution in [2.45, 2.75) is 180 Å². The second kappa shape index (κ2) is 37.4. The standard InChI is InChI=1S/C42H74NO10P/c1-3-5-7-9-11-13-15-17-19-21-23-25-27-29-31-33-40(44)50-35-38(36-51-54(48,49)52-37-39(43)42(46)47)53-41(45)34-32-30-28-26-24-22-20-18-16-14-12-10-8-6-4-2/h18,20,24,26-27,29,31,33,38-39H,3-17,19,21-23,25,28,30,32,34-37,43H2,1-2H3,(H,46,47)(H,48,49)/b20-18+,26-24+,29-27+,33-31+/t38-,39+/m1/s1. The van der Waals surface area contributed by atoms with Gasteiger partial charge >= 0.3 is 25.7 Å². The van der Waals surface area contributed by atoms with Crippen molar-refractivity contribution in [3.8, 4) is 0 Å². The van der Waals surface area contributed by atoms with Crippen molar-refractivity contribution in [2.75, 3.05) is 19.8 Å². The molecule has 54 heavy (non-hydrogen) atoms. The van der Waals surface area contributed by atoms with Gasteiger partial charge in [-0.1, -0.05) is 153 Å². The molecule has 0 rings (SSSR count). The van der Waals surface area contributed by atoms with E-state index >= 15 is 0 Å². The fourth-order valence-electron chi connectivity index (χ4n) is 5.36. The Kier molecular flexibility index (Phi) is 35.6. The van der Waals surface area contributed by atoms with Crippen LogP contribution in [0.5, 0.6) is 0 Å².